The van der Waals surface area contributed by atoms with Crippen LogP contribution in [0.3, 0.4) is 0 Å². The molecule has 0 aromatic heterocycles. The van der Waals surface area contributed by atoms with Crippen LogP contribution in [0, 0.1) is 16.7 Å². The minimum absolute atomic E-state index is 0.105. The van der Waals surface area contributed by atoms with Crippen molar-refractivity contribution in [2.45, 2.75) is 71.3 Å². The number of hydrogen-bond acceptors (Lipinski definition) is 2. The molecule has 0 aromatic carbocycles. The fraction of sp³-hybridized carbons (Fsp3) is 0.933. The second-order valence-electron chi connectivity index (χ2n) is 7.22. The van der Waals surface area contributed by atoms with Crippen molar-refractivity contribution in [1.82, 2.24) is 0 Å². The van der Waals surface area contributed by atoms with Gasteiger partial charge in [0.1, 0.15) is 0 Å². The number of hydrogen-bond donors (Lipinski definition) is 2. The molecule has 2 N–H and O–H groups in total. The molecule has 0 spiro atoms. The molecule has 0 amide bonds. The molecule has 4 atom stereocenters. The smallest absolute Gasteiger partial charge is 0.335 e. The molecule has 3 heteroatoms. The summed E-state index contributed by atoms with van der Waals surface area (Å²) in [7, 11) is 0. The number of carbonyl (C=O) groups is 1. The Kier molecular flexibility index (Phi) is 3.25. The van der Waals surface area contributed by atoms with Gasteiger partial charge in [0.05, 0.1) is 0 Å². The Balaban J connectivity index is 2.21. The molecule has 0 heterocycles. The van der Waals surface area contributed by atoms with Gasteiger partial charge in [-0.15, -0.1) is 0 Å². The highest BCUT2D eigenvalue weighted by Gasteiger charge is 2.54. The van der Waals surface area contributed by atoms with E-state index in [0.29, 0.717) is 5.41 Å². The van der Waals surface area contributed by atoms with E-state index < -0.39 is 11.6 Å². The molecule has 0 saturated heterocycles. The molecule has 18 heavy (non-hydrogen) atoms. The fourth-order valence-electron chi connectivity index (χ4n) is 4.20. The molecule has 0 aliphatic heterocycles. The summed E-state index contributed by atoms with van der Waals surface area (Å²) in [5, 5.41) is 19.4. The van der Waals surface area contributed by atoms with E-state index in [1.807, 2.05) is 0 Å². The van der Waals surface area contributed by atoms with E-state index in [2.05, 4.69) is 13.8 Å². The molecule has 2 rings (SSSR count). The van der Waals surface area contributed by atoms with Crippen LogP contribution in [-0.2, 0) is 4.79 Å². The first-order chi connectivity index (χ1) is 8.21. The van der Waals surface area contributed by atoms with E-state index in [1.165, 1.54) is 32.6 Å². The molecule has 1 unspecified atom stereocenters. The molecule has 2 fully saturated rings. The lowest BCUT2D eigenvalue weighted by molar-refractivity contribution is -0.171. The predicted octanol–water partition coefficient (Wildman–Crippen LogP) is 3.21. The van der Waals surface area contributed by atoms with E-state index in [4.69, 9.17) is 0 Å². The predicted molar refractivity (Wildman–Crippen MR) is 70.3 cm³/mol. The molecule has 2 aliphatic carbocycles. The van der Waals surface area contributed by atoms with Gasteiger partial charge in [0.25, 0.3) is 0 Å². The average molecular weight is 254 g/mol. The highest BCUT2D eigenvalue weighted by atomic mass is 16.4. The maximum atomic E-state index is 11.2. The van der Waals surface area contributed by atoms with E-state index in [0.717, 1.165) is 19.3 Å². The van der Waals surface area contributed by atoms with Crippen molar-refractivity contribution >= 4 is 5.97 Å². The molecular formula is C15H26O3. The van der Waals surface area contributed by atoms with Gasteiger partial charge >= 0.3 is 5.97 Å². The zero-order chi connectivity index (χ0) is 13.6. The largest absolute Gasteiger partial charge is 0.479 e. The number of aliphatic carboxylic acids is 1. The number of rotatable bonds is 2. The summed E-state index contributed by atoms with van der Waals surface area (Å²) in [5.74, 6) is -1.18. The number of carboxylic acid groups (broad SMARTS) is 1. The van der Waals surface area contributed by atoms with Gasteiger partial charge in [-0.05, 0) is 55.8 Å². The van der Waals surface area contributed by atoms with Crippen molar-refractivity contribution in [1.29, 1.82) is 0 Å². The van der Waals surface area contributed by atoms with E-state index >= 15 is 0 Å². The summed E-state index contributed by atoms with van der Waals surface area (Å²) in [6.07, 6.45) is 7.72. The average Bonchev–Trinajstić information content (AvgIpc) is 2.28. The first-order valence-electron chi connectivity index (χ1n) is 7.17. The Bertz CT molecular complexity index is 350. The minimum atomic E-state index is -1.57. The van der Waals surface area contributed by atoms with Crippen LogP contribution in [0.1, 0.15) is 65.7 Å². The summed E-state index contributed by atoms with van der Waals surface area (Å²) in [6, 6.07) is 0. The number of aliphatic hydroxyl groups is 1. The molecule has 2 aliphatic rings. The standard InChI is InChI=1S/C15H26O3/c1-13-7-4-5-8-14(13,2)10-11(6-9-13)15(3,18)12(16)17/h11,18H,4-10H2,1-3H3,(H,16,17)/t11-,13+,14-,15?/m1/s1. The van der Waals surface area contributed by atoms with Gasteiger partial charge in [0, 0.05) is 0 Å². The van der Waals surface area contributed by atoms with Crippen molar-refractivity contribution in [3.8, 4) is 0 Å². The summed E-state index contributed by atoms with van der Waals surface area (Å²) < 4.78 is 0. The molecule has 0 aromatic rings. The topological polar surface area (TPSA) is 57.5 Å². The first-order valence-corrected chi connectivity index (χ1v) is 7.17. The van der Waals surface area contributed by atoms with E-state index in [-0.39, 0.29) is 11.3 Å². The third-order valence-electron chi connectivity index (χ3n) is 6.13. The maximum absolute atomic E-state index is 11.2. The third kappa shape index (κ3) is 1.97. The second-order valence-corrected chi connectivity index (χ2v) is 7.22. The highest BCUT2D eigenvalue weighted by Crippen LogP contribution is 2.60. The molecular weight excluding hydrogens is 228 g/mol. The normalized spacial score (nSPS) is 43.9. The van der Waals surface area contributed by atoms with Crippen LogP contribution in [0.15, 0.2) is 0 Å². The van der Waals surface area contributed by atoms with Crippen LogP contribution in [0.2, 0.25) is 0 Å². The van der Waals surface area contributed by atoms with Gasteiger partial charge in [0.15, 0.2) is 5.60 Å². The van der Waals surface area contributed by atoms with Crippen molar-refractivity contribution in [3.05, 3.63) is 0 Å². The van der Waals surface area contributed by atoms with Gasteiger partial charge < -0.3 is 10.2 Å². The zero-order valence-corrected chi connectivity index (χ0v) is 11.8. The quantitative estimate of drug-likeness (QED) is 0.795. The Morgan fingerprint density at radius 2 is 1.72 bits per heavy atom. The van der Waals surface area contributed by atoms with Crippen LogP contribution in [0.4, 0.5) is 0 Å². The van der Waals surface area contributed by atoms with Crippen LogP contribution in [-0.4, -0.2) is 21.8 Å². The van der Waals surface area contributed by atoms with Crippen molar-refractivity contribution < 1.29 is 15.0 Å². The molecule has 0 radical (unpaired) electrons. The van der Waals surface area contributed by atoms with Gasteiger partial charge in [-0.2, -0.15) is 0 Å². The summed E-state index contributed by atoms with van der Waals surface area (Å²) in [5.41, 5.74) is -1.02. The highest BCUT2D eigenvalue weighted by molar-refractivity contribution is 5.77. The van der Waals surface area contributed by atoms with Crippen molar-refractivity contribution in [3.63, 3.8) is 0 Å². The van der Waals surface area contributed by atoms with E-state index in [9.17, 15) is 15.0 Å². The fourth-order valence-corrected chi connectivity index (χ4v) is 4.20. The summed E-state index contributed by atoms with van der Waals surface area (Å²) in [6.45, 7) is 6.13. The monoisotopic (exact) mass is 254 g/mol. The van der Waals surface area contributed by atoms with Gasteiger partial charge in [0.2, 0.25) is 0 Å². The summed E-state index contributed by atoms with van der Waals surface area (Å²) in [4.78, 5) is 11.2. The van der Waals surface area contributed by atoms with Crippen LogP contribution in [0.25, 0.3) is 0 Å². The Labute approximate surface area is 110 Å². The van der Waals surface area contributed by atoms with Crippen molar-refractivity contribution in [2.75, 3.05) is 0 Å². The lowest BCUT2D eigenvalue weighted by atomic mass is 9.48. The summed E-state index contributed by atoms with van der Waals surface area (Å²) >= 11 is 0. The van der Waals surface area contributed by atoms with Gasteiger partial charge in [-0.25, -0.2) is 4.79 Å². The van der Waals surface area contributed by atoms with Crippen LogP contribution in [0.5, 0.6) is 0 Å². The minimum Gasteiger partial charge on any atom is -0.479 e. The first kappa shape index (κ1) is 13.9. The molecule has 0 bridgehead atoms. The number of carboxylic acids is 1. The third-order valence-corrected chi connectivity index (χ3v) is 6.13. The van der Waals surface area contributed by atoms with Crippen molar-refractivity contribution in [2.24, 2.45) is 16.7 Å². The van der Waals surface area contributed by atoms with E-state index in [1.54, 1.807) is 0 Å². The lowest BCUT2D eigenvalue weighted by Gasteiger charge is -2.57. The zero-order valence-electron chi connectivity index (χ0n) is 11.8. The maximum Gasteiger partial charge on any atom is 0.335 e. The Morgan fingerprint density at radius 1 is 1.17 bits per heavy atom. The van der Waals surface area contributed by atoms with Gasteiger partial charge in [-0.1, -0.05) is 26.7 Å². The molecule has 3 nitrogen and oxygen atoms in total. The SMILES string of the molecule is CC(O)(C(=O)O)[C@@H]1CC[C@]2(C)CCCC[C@]2(C)C1. The lowest BCUT2D eigenvalue weighted by Crippen LogP contribution is -2.52. The second kappa shape index (κ2) is 4.22. The van der Waals surface area contributed by atoms with Crippen LogP contribution < -0.4 is 0 Å². The molecule has 104 valence electrons. The Hall–Kier alpha value is -0.570. The van der Waals surface area contributed by atoms with Crippen LogP contribution >= 0.6 is 0 Å². The number of fused-ring (bicyclic) bond motifs is 1. The Morgan fingerprint density at radius 3 is 2.28 bits per heavy atom. The van der Waals surface area contributed by atoms with Gasteiger partial charge in [-0.3, -0.25) is 0 Å². The molecule has 2 saturated carbocycles.